The van der Waals surface area contributed by atoms with E-state index in [-0.39, 0.29) is 244 Å². The molecule has 2 unspecified atom stereocenters. The van der Waals surface area contributed by atoms with Gasteiger partial charge in [0, 0.05) is 97.6 Å². The summed E-state index contributed by atoms with van der Waals surface area (Å²) in [4.78, 5) is 123. The first kappa shape index (κ1) is 75.6. The average Bonchev–Trinajstić information content (AvgIpc) is 1.61. The number of furan rings is 4. The third-order valence-electron chi connectivity index (χ3n) is 13.9. The van der Waals surface area contributed by atoms with Gasteiger partial charge in [-0.05, 0) is 226 Å². The number of Topliss-reactive ketones (excluding diaryl/α,β-unsaturated/α-hetero) is 1. The van der Waals surface area contributed by atoms with Crippen molar-refractivity contribution in [1.82, 2.24) is 0 Å². The summed E-state index contributed by atoms with van der Waals surface area (Å²) in [7, 11) is 0. The van der Waals surface area contributed by atoms with Crippen LogP contribution in [0.15, 0.2) is 199 Å². The number of carbonyl (C=O) groups excluding carboxylic acids is 11. The van der Waals surface area contributed by atoms with E-state index in [0.29, 0.717) is 39.7 Å². The number of esters is 3. The summed E-state index contributed by atoms with van der Waals surface area (Å²) in [6.07, 6.45) is 1.39. The molecule has 0 bridgehead atoms. The number of ketones is 5. The molecule has 4 aromatic heterocycles. The molecule has 0 aliphatic carbocycles. The predicted octanol–water partition coefficient (Wildman–Crippen LogP) is 21.6. The molecule has 0 saturated heterocycles. The summed E-state index contributed by atoms with van der Waals surface area (Å²) < 4.78 is 169. The zero-order valence-electron chi connectivity index (χ0n) is 77.4. The van der Waals surface area contributed by atoms with E-state index in [9.17, 15) is 53.4 Å². The van der Waals surface area contributed by atoms with Crippen LogP contribution in [-0.4, -0.2) is 81.7 Å². The first-order valence-electron chi connectivity index (χ1n) is 39.3. The number of hydrogen-bond acceptors (Lipinski definition) is 20. The van der Waals surface area contributed by atoms with E-state index in [0.717, 1.165) is 0 Å². The van der Waals surface area contributed by atoms with E-state index in [4.69, 9.17) is 63.4 Å². The number of halogens is 11. The van der Waals surface area contributed by atoms with E-state index in [1.165, 1.54) is 96.5 Å². The van der Waals surface area contributed by atoms with Gasteiger partial charge in [-0.25, -0.2) is 0 Å². The van der Waals surface area contributed by atoms with Crippen LogP contribution in [0.2, 0.25) is 0 Å². The zero-order valence-corrected chi connectivity index (χ0v) is 79.3. The molecule has 0 aliphatic rings. The zero-order chi connectivity index (χ0) is 97.8. The van der Waals surface area contributed by atoms with Crippen LogP contribution in [0.25, 0.3) is 43.9 Å². The van der Waals surface area contributed by atoms with Gasteiger partial charge in [0.05, 0.1) is 84.8 Å². The van der Waals surface area contributed by atoms with Crippen molar-refractivity contribution >= 4 is 276 Å². The minimum Gasteiger partial charge on any atom is -1.00 e. The minimum atomic E-state index is -1.03. The largest absolute Gasteiger partial charge is 1.00 e. The minimum absolute atomic E-state index is 0. The maximum absolute atomic E-state index is 13.5. The van der Waals surface area contributed by atoms with Gasteiger partial charge in [0.15, 0.2) is 58.6 Å². The Kier molecular flexibility index (Phi) is 31.6. The topological polar surface area (TPSA) is 308 Å². The molecule has 32 heteroatoms. The summed E-state index contributed by atoms with van der Waals surface area (Å²) in [5.74, 6) is -3.22. The van der Waals surface area contributed by atoms with Gasteiger partial charge in [-0.3, -0.25) is 47.9 Å². The monoisotopic (exact) mass is 2190 g/mol. The summed E-state index contributed by atoms with van der Waals surface area (Å²) in [6, 6.07) is 5.02. The maximum atomic E-state index is 13.5. The van der Waals surface area contributed by atoms with Gasteiger partial charge < -0.3 is 48.3 Å². The molecular formula is C81H66Br9Cl2KO20. The summed E-state index contributed by atoms with van der Waals surface area (Å²) in [5.41, 5.74) is 0.501. The number of carbonyl (C=O) groups is 11. The summed E-state index contributed by atoms with van der Waals surface area (Å²) in [6.45, 7) is 14.9. The molecule has 12 aromatic rings. The van der Waals surface area contributed by atoms with Crippen molar-refractivity contribution in [3.05, 3.63) is 249 Å². The molecule has 0 spiro atoms. The maximum Gasteiger partial charge on any atom is 1.00 e. The molecule has 0 aliphatic heterocycles. The molecule has 2 atom stereocenters. The van der Waals surface area contributed by atoms with Crippen LogP contribution >= 0.6 is 167 Å². The number of fused-ring (bicyclic) bond motifs is 4. The molecule has 8 aromatic carbocycles. The summed E-state index contributed by atoms with van der Waals surface area (Å²) in [5, 5.41) is 19.4. The van der Waals surface area contributed by atoms with E-state index in [2.05, 4.69) is 167 Å². The smallest absolute Gasteiger partial charge is 1.00 e. The fourth-order valence-corrected chi connectivity index (χ4v) is 14.9. The van der Waals surface area contributed by atoms with Crippen molar-refractivity contribution in [1.29, 1.82) is 0 Å². The Morgan fingerprint density at radius 2 is 0.699 bits per heavy atom. The first-order valence-corrected chi connectivity index (χ1v) is 39.6. The van der Waals surface area contributed by atoms with Gasteiger partial charge in [-0.15, -0.1) is 11.6 Å². The van der Waals surface area contributed by atoms with Gasteiger partial charge in [0.25, 0.3) is 0 Å². The van der Waals surface area contributed by atoms with Crippen LogP contribution < -0.4 is 60.9 Å². The molecule has 2 N–H and O–H groups in total. The predicted molar refractivity (Wildman–Crippen MR) is 461 cm³/mol. The molecular weight excluding hydrogens is 2120 g/mol. The second-order valence-electron chi connectivity index (χ2n) is 21.7. The number of phenolic OH excluding ortho intramolecular Hbond substituents is 2. The molecule has 0 saturated carbocycles. The van der Waals surface area contributed by atoms with Crippen molar-refractivity contribution in [2.24, 2.45) is 0 Å². The number of aromatic hydroxyl groups is 2. The van der Waals surface area contributed by atoms with Gasteiger partial charge in [-0.2, -0.15) is 0 Å². The Morgan fingerprint density at radius 1 is 0.460 bits per heavy atom. The van der Waals surface area contributed by atoms with Gasteiger partial charge in [0.2, 0.25) is 5.24 Å². The Hall–Kier alpha value is -6.17. The van der Waals surface area contributed by atoms with Crippen LogP contribution in [0, 0.1) is 0 Å². The number of aldehydes is 1. The van der Waals surface area contributed by atoms with Gasteiger partial charge in [0.1, 0.15) is 57.9 Å². The fourth-order valence-electron chi connectivity index (χ4n) is 9.54. The number of aryl methyl sites for hydroxylation is 2. The van der Waals surface area contributed by atoms with Gasteiger partial charge >= 0.3 is 69.3 Å². The van der Waals surface area contributed by atoms with E-state index < -0.39 is 118 Å². The second kappa shape index (κ2) is 47.3. The Labute approximate surface area is 800 Å². The van der Waals surface area contributed by atoms with E-state index in [1.807, 2.05) is 6.79 Å². The fraction of sp³-hybridized carbons (Fsp3) is 0.173. The van der Waals surface area contributed by atoms with Crippen LogP contribution in [0.1, 0.15) is 183 Å². The van der Waals surface area contributed by atoms with Gasteiger partial charge in [-0.1, -0.05) is 102 Å². The second-order valence-corrected chi connectivity index (χ2v) is 30.4. The van der Waals surface area contributed by atoms with Crippen molar-refractivity contribution in [2.45, 2.75) is 86.1 Å². The number of hydrogen-bond donors (Lipinski definition) is 2. The molecule has 0 radical (unpaired) electrons. The van der Waals surface area contributed by atoms with Crippen molar-refractivity contribution in [2.75, 3.05) is 6.38 Å². The number of alkyl halides is 2. The Bertz CT molecular complexity index is 6430. The van der Waals surface area contributed by atoms with Crippen molar-refractivity contribution < 1.29 is 170 Å². The molecule has 0 amide bonds. The number of ether oxygens (including phenoxy) is 3. The molecule has 113 heavy (non-hydrogen) atoms. The quantitative estimate of drug-likeness (QED) is 0.0133. The Balaban J connectivity index is 0.000000425. The van der Waals surface area contributed by atoms with Crippen molar-refractivity contribution in [3.63, 3.8) is 0 Å². The van der Waals surface area contributed by atoms with Crippen LogP contribution in [0.5, 0.6) is 23.0 Å². The third-order valence-corrected chi connectivity index (χ3v) is 19.1. The van der Waals surface area contributed by atoms with E-state index >= 15 is 0 Å². The number of rotatable bonds is 16. The number of para-hydroxylation sites is 4. The Morgan fingerprint density at radius 3 is 0.956 bits per heavy atom. The van der Waals surface area contributed by atoms with Crippen LogP contribution in [0.4, 0.5) is 0 Å². The summed E-state index contributed by atoms with van der Waals surface area (Å²) >= 11 is 38.5. The van der Waals surface area contributed by atoms with Crippen LogP contribution in [-0.2, 0) is 51.1 Å². The normalized spacial score (nSPS) is 12.8. The van der Waals surface area contributed by atoms with E-state index in [1.54, 1.807) is 20.8 Å². The van der Waals surface area contributed by atoms with Crippen molar-refractivity contribution in [3.8, 4) is 23.0 Å². The first-order chi connectivity index (χ1) is 59.7. The standard InChI is InChI=1S/C19H13Br3O4.C19H14Br2O5.C19H14Br2O4.C17H12Br2O3.C3H4O2.C2H3ClO.CH3Cl.CH2O.K.H/c1-9(20)18-16(12-5-3-4-6-15(12)26-18)17(24)11-7-13(21)19(14(22)8-11)25-10(2)23;1-9(25-10(2)22)19-16(12-5-3-4-6-15(12)26-19)17(23)11-7-13(20)18(24)14(21)8-11;1-3-15-17(12-6-4-5-7-16(12)25-15)18(23)11-8-13(20)19(14(21)9-11)24-10(2)22;1-2-13-15(10-5-3-4-6-14(10)22-13)16(20)9-7-11(18)17(21)12(19)8-9;1-3(5)2-4;1-2(3)4;2*1-2;;/h3-9H,1-2H3;3-9,24H,1-2H3;4-9H,3H2,1-2H3;3-8,21H,2H2,1H3;2H,1H3;1H3;1H3;1H2;;/q;;;;;;;;+1;-1/i2*3D,4D,5D,6D;4D,5D,6D,7D;3D,4D,5D,6D;;;;;;. The molecule has 588 valence electrons. The number of phenols is 2. The molecule has 20 nitrogen and oxygen atoms in total. The average molecular weight is 2200 g/mol. The number of benzene rings is 8. The molecule has 4 heterocycles. The molecule has 0 fully saturated rings. The SMILES string of the molecule is C=O.CC(=O)C=O.CC(=O)Cl.CCl.[2H]c1c([2H])c([2H])c2c(C(=O)c3cc(Br)c(O)c(Br)c3)c(C(C)OC(C)=O)oc2c1[2H].[2H]c1c([2H])c([2H])c2c(C(=O)c3cc(Br)c(O)c(Br)c3)c(CC)oc2c1[2H].[2H]c1c([2H])c([2H])c2c(C(=O)c3cc(Br)c(OC(C)=O)c(Br)c3)c(C(C)Br)oc2c1[2H].[2H]c1c([2H])c([2H])c2c(C(=O)c3cc(Br)c(OC(C)=O)c(Br)c3)c(CC)oc2c1[2H].[H-].[K+]. The third kappa shape index (κ3) is 26.4. The van der Waals surface area contributed by atoms with Crippen LogP contribution in [0.3, 0.4) is 0 Å². The molecule has 12 rings (SSSR count).